The van der Waals surface area contributed by atoms with Crippen LogP contribution < -0.4 is 9.64 Å². The number of benzene rings is 2. The number of anilines is 1. The maximum Gasteiger partial charge on any atom is 0.305 e. The van der Waals surface area contributed by atoms with Crippen molar-refractivity contribution in [3.63, 3.8) is 0 Å². The summed E-state index contributed by atoms with van der Waals surface area (Å²) < 4.78 is 12.3. The minimum atomic E-state index is -0.874. The summed E-state index contributed by atoms with van der Waals surface area (Å²) in [5.74, 6) is 1.19. The van der Waals surface area contributed by atoms with Crippen LogP contribution >= 0.6 is 25.3 Å². The molecule has 0 fully saturated rings. The van der Waals surface area contributed by atoms with Crippen molar-refractivity contribution in [1.29, 1.82) is 0 Å². The van der Waals surface area contributed by atoms with E-state index in [9.17, 15) is 14.9 Å². The zero-order chi connectivity index (χ0) is 26.6. The van der Waals surface area contributed by atoms with Gasteiger partial charge >= 0.3 is 5.97 Å². The Bertz CT molecular complexity index is 1180. The summed E-state index contributed by atoms with van der Waals surface area (Å²) in [6.45, 7) is 4.92. The molecule has 1 unspecified atom stereocenters. The number of nitro benzene ring substituents is 1. The van der Waals surface area contributed by atoms with Crippen molar-refractivity contribution in [2.75, 3.05) is 23.8 Å². The third-order valence-corrected chi connectivity index (χ3v) is 8.11. The van der Waals surface area contributed by atoms with Gasteiger partial charge in [0.15, 0.2) is 0 Å². The number of thiol groups is 2. The third-order valence-electron chi connectivity index (χ3n) is 7.33. The van der Waals surface area contributed by atoms with Crippen molar-refractivity contribution in [3.05, 3.63) is 69.8 Å². The minimum Gasteiger partial charge on any atom is -0.464 e. The minimum absolute atomic E-state index is 0.0206. The van der Waals surface area contributed by atoms with E-state index in [-0.39, 0.29) is 18.3 Å². The van der Waals surface area contributed by atoms with Crippen LogP contribution in [0.5, 0.6) is 5.75 Å². The first kappa shape index (κ1) is 27.4. The van der Waals surface area contributed by atoms with Crippen molar-refractivity contribution < 1.29 is 19.2 Å². The standard InChI is InChI=1S/C28H34N2O5S2/c1-27(2)23-8-4-5-9-24(23)29(16-17-34-26(31)10-6-3-7-22(37)14-18-36)28(27)15-13-20-19-21(30(32)33)11-12-25(20)35-28/h4-5,8-9,11-13,15,19,22,36-37H,3,6-7,10,14,16-18H2,1-2H3/t22?,28-/m0/s1. The van der Waals surface area contributed by atoms with Crippen LogP contribution in [0.1, 0.15) is 57.1 Å². The number of unbranched alkanes of at least 4 members (excludes halogenated alkanes) is 1. The molecule has 9 heteroatoms. The zero-order valence-corrected chi connectivity index (χ0v) is 23.0. The molecule has 2 heterocycles. The molecule has 0 saturated heterocycles. The fourth-order valence-corrected chi connectivity index (χ4v) is 6.08. The second kappa shape index (κ2) is 11.4. The lowest BCUT2D eigenvalue weighted by Crippen LogP contribution is -2.60. The molecule has 0 aliphatic carbocycles. The number of fused-ring (bicyclic) bond motifs is 2. The molecule has 2 atom stereocenters. The highest BCUT2D eigenvalue weighted by atomic mass is 32.1. The summed E-state index contributed by atoms with van der Waals surface area (Å²) in [6.07, 6.45) is 7.89. The van der Waals surface area contributed by atoms with Crippen molar-refractivity contribution >= 4 is 48.7 Å². The van der Waals surface area contributed by atoms with Gasteiger partial charge in [-0.05, 0) is 68.7 Å². The number of rotatable bonds is 11. The first-order chi connectivity index (χ1) is 17.7. The predicted octanol–water partition coefficient (Wildman–Crippen LogP) is 6.22. The van der Waals surface area contributed by atoms with E-state index in [1.54, 1.807) is 6.07 Å². The molecular formula is C28H34N2O5S2. The van der Waals surface area contributed by atoms with Crippen molar-refractivity contribution in [1.82, 2.24) is 0 Å². The molecule has 0 saturated carbocycles. The molecule has 37 heavy (non-hydrogen) atoms. The van der Waals surface area contributed by atoms with Crippen LogP contribution in [-0.2, 0) is 14.9 Å². The number of ether oxygens (including phenoxy) is 2. The first-order valence-corrected chi connectivity index (χ1v) is 13.8. The second-order valence-corrected chi connectivity index (χ2v) is 11.2. The third kappa shape index (κ3) is 5.48. The number of carbonyl (C=O) groups excluding carboxylic acids is 1. The van der Waals surface area contributed by atoms with E-state index >= 15 is 0 Å². The topological polar surface area (TPSA) is 81.9 Å². The van der Waals surface area contributed by atoms with Gasteiger partial charge < -0.3 is 14.4 Å². The SMILES string of the molecule is CC1(C)c2ccccc2N(CCOC(=O)CCCCC(S)CCS)[C@]12C=Cc1cc([N+](=O)[O-])ccc1O2. The van der Waals surface area contributed by atoms with E-state index in [0.29, 0.717) is 29.5 Å². The summed E-state index contributed by atoms with van der Waals surface area (Å²) >= 11 is 8.78. The van der Waals surface area contributed by atoms with Crippen molar-refractivity contribution in [2.24, 2.45) is 0 Å². The first-order valence-electron chi connectivity index (χ1n) is 12.7. The number of nitrogens with zero attached hydrogens (tertiary/aromatic N) is 2. The number of hydrogen-bond donors (Lipinski definition) is 2. The smallest absolute Gasteiger partial charge is 0.305 e. The Balaban J connectivity index is 1.47. The number of para-hydroxylation sites is 1. The van der Waals surface area contributed by atoms with Gasteiger partial charge in [0.05, 0.1) is 16.9 Å². The summed E-state index contributed by atoms with van der Waals surface area (Å²) in [7, 11) is 0. The highest BCUT2D eigenvalue weighted by molar-refractivity contribution is 7.81. The molecule has 2 aliphatic rings. The Hall–Kier alpha value is -2.65. The molecule has 1 spiro atoms. The van der Waals surface area contributed by atoms with E-state index in [1.807, 2.05) is 24.3 Å². The Morgan fingerprint density at radius 2 is 1.97 bits per heavy atom. The van der Waals surface area contributed by atoms with Gasteiger partial charge in [0.2, 0.25) is 5.72 Å². The maximum absolute atomic E-state index is 12.4. The second-order valence-electron chi connectivity index (χ2n) is 10.0. The molecule has 2 aromatic rings. The maximum atomic E-state index is 12.4. The normalized spacial score (nSPS) is 19.7. The number of non-ortho nitro benzene ring substituents is 1. The van der Waals surface area contributed by atoms with Crippen LogP contribution in [0.15, 0.2) is 48.5 Å². The largest absolute Gasteiger partial charge is 0.464 e. The van der Waals surface area contributed by atoms with Gasteiger partial charge in [-0.1, -0.05) is 24.6 Å². The molecule has 4 rings (SSSR count). The van der Waals surface area contributed by atoms with Crippen molar-refractivity contribution in [3.8, 4) is 5.75 Å². The van der Waals surface area contributed by atoms with Gasteiger partial charge in [-0.3, -0.25) is 14.9 Å². The fraction of sp³-hybridized carbons (Fsp3) is 0.464. The highest BCUT2D eigenvalue weighted by Crippen LogP contribution is 2.54. The van der Waals surface area contributed by atoms with Gasteiger partial charge in [0, 0.05) is 35.1 Å². The highest BCUT2D eigenvalue weighted by Gasteiger charge is 2.58. The van der Waals surface area contributed by atoms with Crippen LogP contribution in [0.4, 0.5) is 11.4 Å². The summed E-state index contributed by atoms with van der Waals surface area (Å²) in [5.41, 5.74) is 1.50. The van der Waals surface area contributed by atoms with E-state index in [1.165, 1.54) is 12.1 Å². The van der Waals surface area contributed by atoms with Gasteiger partial charge in [0.25, 0.3) is 5.69 Å². The predicted molar refractivity (Wildman–Crippen MR) is 153 cm³/mol. The molecular weight excluding hydrogens is 508 g/mol. The van der Waals surface area contributed by atoms with Gasteiger partial charge in [0.1, 0.15) is 12.4 Å². The van der Waals surface area contributed by atoms with Crippen LogP contribution in [0.25, 0.3) is 6.08 Å². The Kier molecular flexibility index (Phi) is 8.43. The fourth-order valence-electron chi connectivity index (χ4n) is 5.26. The van der Waals surface area contributed by atoms with Gasteiger partial charge in [-0.2, -0.15) is 25.3 Å². The molecule has 2 aliphatic heterocycles. The summed E-state index contributed by atoms with van der Waals surface area (Å²) in [5, 5.41) is 11.6. The van der Waals surface area contributed by atoms with E-state index < -0.39 is 16.1 Å². The number of carbonyl (C=O) groups is 1. The molecule has 0 bridgehead atoms. The monoisotopic (exact) mass is 542 g/mol. The Morgan fingerprint density at radius 3 is 2.73 bits per heavy atom. The van der Waals surface area contributed by atoms with Gasteiger partial charge in [-0.25, -0.2) is 0 Å². The lowest BCUT2D eigenvalue weighted by atomic mass is 9.76. The molecule has 0 amide bonds. The lowest BCUT2D eigenvalue weighted by Gasteiger charge is -2.47. The number of nitro groups is 1. The number of hydrogen-bond acceptors (Lipinski definition) is 8. The van der Waals surface area contributed by atoms with Crippen LogP contribution in [0.2, 0.25) is 0 Å². The quantitative estimate of drug-likeness (QED) is 0.115. The van der Waals surface area contributed by atoms with Crippen LogP contribution in [0, 0.1) is 10.1 Å². The van der Waals surface area contributed by atoms with Gasteiger partial charge in [-0.15, -0.1) is 0 Å². The van der Waals surface area contributed by atoms with E-state index in [0.717, 1.165) is 42.7 Å². The van der Waals surface area contributed by atoms with Crippen LogP contribution in [-0.4, -0.2) is 40.8 Å². The molecule has 7 nitrogen and oxygen atoms in total. The van der Waals surface area contributed by atoms with Crippen molar-refractivity contribution in [2.45, 2.75) is 62.3 Å². The summed E-state index contributed by atoms with van der Waals surface area (Å²) in [6, 6.07) is 12.8. The molecule has 0 N–H and O–H groups in total. The molecule has 0 radical (unpaired) electrons. The van der Waals surface area contributed by atoms with Crippen LogP contribution in [0.3, 0.4) is 0 Å². The Morgan fingerprint density at radius 1 is 1.19 bits per heavy atom. The van der Waals surface area contributed by atoms with E-state index in [2.05, 4.69) is 56.1 Å². The molecule has 198 valence electrons. The number of esters is 1. The average molecular weight is 543 g/mol. The molecule has 2 aromatic carbocycles. The molecule has 0 aromatic heterocycles. The average Bonchev–Trinajstić information content (AvgIpc) is 3.05. The zero-order valence-electron chi connectivity index (χ0n) is 21.3. The Labute approximate surface area is 229 Å². The lowest BCUT2D eigenvalue weighted by molar-refractivity contribution is -0.384. The van der Waals surface area contributed by atoms with E-state index in [4.69, 9.17) is 9.47 Å². The summed E-state index contributed by atoms with van der Waals surface area (Å²) in [4.78, 5) is 25.4.